The summed E-state index contributed by atoms with van der Waals surface area (Å²) in [5.41, 5.74) is 6.03. The zero-order chi connectivity index (χ0) is 31.2. The monoisotopic (exact) mass is 611 g/mol. The average Bonchev–Trinajstić information content (AvgIpc) is 3.75. The smallest absolute Gasteiger partial charge is 0.409 e. The van der Waals surface area contributed by atoms with Gasteiger partial charge < -0.3 is 28.4 Å². The first kappa shape index (κ1) is 29.7. The van der Waals surface area contributed by atoms with Crippen molar-refractivity contribution in [2.45, 2.75) is 64.3 Å². The van der Waals surface area contributed by atoms with E-state index in [4.69, 9.17) is 14.5 Å². The van der Waals surface area contributed by atoms with Crippen LogP contribution in [0.4, 0.5) is 4.79 Å². The summed E-state index contributed by atoms with van der Waals surface area (Å²) < 4.78 is 15.5. The normalized spacial score (nSPS) is 19.4. The number of carbonyl (C=O) groups excluding carboxylic acids is 2. The van der Waals surface area contributed by atoms with Crippen molar-refractivity contribution in [1.29, 1.82) is 0 Å². The number of ether oxygens (including phenoxy) is 2. The number of rotatable bonds is 7. The number of nitrogens with zero attached hydrogens (tertiary/aromatic N) is 5. The quantitative estimate of drug-likeness (QED) is 0.229. The summed E-state index contributed by atoms with van der Waals surface area (Å²) in [6, 6.07) is 12.8. The summed E-state index contributed by atoms with van der Waals surface area (Å²) >= 11 is 0. The van der Waals surface area contributed by atoms with Gasteiger partial charge in [0.25, 0.3) is 5.91 Å². The number of carbonyl (C=O) groups is 2. The molecule has 0 unspecified atom stereocenters. The van der Waals surface area contributed by atoms with E-state index < -0.39 is 0 Å². The third-order valence-corrected chi connectivity index (χ3v) is 10.5. The van der Waals surface area contributed by atoms with Gasteiger partial charge in [-0.15, -0.1) is 0 Å². The maximum Gasteiger partial charge on any atom is 0.409 e. The number of fused-ring (bicyclic) bond motifs is 2. The highest BCUT2D eigenvalue weighted by Gasteiger charge is 2.31. The minimum Gasteiger partial charge on any atom is -0.494 e. The Morgan fingerprint density at radius 3 is 2.44 bits per heavy atom. The largest absolute Gasteiger partial charge is 0.494 e. The van der Waals surface area contributed by atoms with Crippen molar-refractivity contribution >= 4 is 33.9 Å². The van der Waals surface area contributed by atoms with Crippen molar-refractivity contribution in [2.24, 2.45) is 18.9 Å². The molecule has 2 amide bonds. The lowest BCUT2D eigenvalue weighted by Gasteiger charge is -2.32. The maximum atomic E-state index is 13.7. The maximum absolute atomic E-state index is 13.7. The topological polar surface area (TPSA) is 81.8 Å². The Balaban J connectivity index is 1.29. The van der Waals surface area contributed by atoms with E-state index in [9.17, 15) is 9.59 Å². The summed E-state index contributed by atoms with van der Waals surface area (Å²) in [5, 5.41) is 1.21. The zero-order valence-corrected chi connectivity index (χ0v) is 27.1. The van der Waals surface area contributed by atoms with Crippen molar-refractivity contribution in [3.8, 4) is 17.3 Å². The number of hydrogen-bond donors (Lipinski definition) is 0. The van der Waals surface area contributed by atoms with Gasteiger partial charge in [-0.3, -0.25) is 4.79 Å². The van der Waals surface area contributed by atoms with E-state index in [2.05, 4.69) is 40.3 Å². The lowest BCUT2D eigenvalue weighted by molar-refractivity contribution is 0.0671. The highest BCUT2D eigenvalue weighted by atomic mass is 16.5. The van der Waals surface area contributed by atoms with Crippen LogP contribution < -0.4 is 4.74 Å². The molecular formula is C36H45N5O4. The predicted molar refractivity (Wildman–Crippen MR) is 176 cm³/mol. The van der Waals surface area contributed by atoms with Gasteiger partial charge in [-0.25, -0.2) is 9.78 Å². The van der Waals surface area contributed by atoms with Crippen LogP contribution in [-0.2, 0) is 18.3 Å². The van der Waals surface area contributed by atoms with Crippen LogP contribution in [0.15, 0.2) is 36.4 Å². The van der Waals surface area contributed by atoms with Crippen LogP contribution in [0.2, 0.25) is 0 Å². The highest BCUT2D eigenvalue weighted by molar-refractivity contribution is 6.00. The number of methoxy groups -OCH3 is 2. The molecule has 3 aliphatic rings. The van der Waals surface area contributed by atoms with E-state index in [0.29, 0.717) is 42.2 Å². The van der Waals surface area contributed by atoms with E-state index >= 15 is 0 Å². The molecule has 4 aromatic rings. The van der Waals surface area contributed by atoms with E-state index in [0.717, 1.165) is 67.9 Å². The molecule has 3 fully saturated rings. The molecule has 2 aliphatic heterocycles. The number of imidazole rings is 1. The third-order valence-electron chi connectivity index (χ3n) is 10.5. The molecular weight excluding hydrogens is 566 g/mol. The molecule has 238 valence electrons. The second-order valence-corrected chi connectivity index (χ2v) is 13.3. The molecule has 0 radical (unpaired) electrons. The molecule has 2 aromatic carbocycles. The van der Waals surface area contributed by atoms with Crippen molar-refractivity contribution in [2.75, 3.05) is 40.4 Å². The fourth-order valence-electron chi connectivity index (χ4n) is 7.70. The Labute approximate surface area is 265 Å². The first-order valence-corrected chi connectivity index (χ1v) is 16.7. The second kappa shape index (κ2) is 12.1. The fraction of sp³-hybridized carbons (Fsp3) is 0.528. The molecule has 4 heterocycles. The van der Waals surface area contributed by atoms with Gasteiger partial charge in [0.15, 0.2) is 5.82 Å². The molecule has 2 saturated heterocycles. The molecule has 1 saturated carbocycles. The number of piperidine rings is 2. The molecule has 1 aliphatic carbocycles. The van der Waals surface area contributed by atoms with Crippen molar-refractivity contribution in [1.82, 2.24) is 23.9 Å². The van der Waals surface area contributed by atoms with Gasteiger partial charge in [0.2, 0.25) is 0 Å². The van der Waals surface area contributed by atoms with Gasteiger partial charge in [-0.1, -0.05) is 31.5 Å². The summed E-state index contributed by atoms with van der Waals surface area (Å²) in [5.74, 6) is 3.20. The minimum absolute atomic E-state index is 0.0614. The van der Waals surface area contributed by atoms with Gasteiger partial charge in [-0.2, -0.15) is 0 Å². The van der Waals surface area contributed by atoms with E-state index in [-0.39, 0.29) is 12.0 Å². The third kappa shape index (κ3) is 5.44. The number of hydrogen-bond acceptors (Lipinski definition) is 5. The van der Waals surface area contributed by atoms with Crippen LogP contribution in [0.5, 0.6) is 5.75 Å². The van der Waals surface area contributed by atoms with Crippen LogP contribution in [0.25, 0.3) is 33.5 Å². The number of likely N-dealkylation sites (tertiary alicyclic amines) is 2. The Morgan fingerprint density at radius 1 is 0.933 bits per heavy atom. The Hall–Kier alpha value is -4.01. The lowest BCUT2D eigenvalue weighted by Crippen LogP contribution is -2.39. The molecule has 0 bridgehead atoms. The molecule has 45 heavy (non-hydrogen) atoms. The van der Waals surface area contributed by atoms with Gasteiger partial charge >= 0.3 is 6.09 Å². The summed E-state index contributed by atoms with van der Waals surface area (Å²) in [4.78, 5) is 34.9. The van der Waals surface area contributed by atoms with Crippen LogP contribution in [0.3, 0.4) is 0 Å². The highest BCUT2D eigenvalue weighted by Crippen LogP contribution is 2.41. The Morgan fingerprint density at radius 2 is 1.73 bits per heavy atom. The molecule has 9 heteroatoms. The predicted octanol–water partition coefficient (Wildman–Crippen LogP) is 6.82. The summed E-state index contributed by atoms with van der Waals surface area (Å²) in [7, 11) is 5.17. The average molecular weight is 612 g/mol. The molecule has 2 aromatic heterocycles. The van der Waals surface area contributed by atoms with Gasteiger partial charge in [0.1, 0.15) is 11.3 Å². The Bertz CT molecular complexity index is 1740. The fourth-order valence-corrected chi connectivity index (χ4v) is 7.70. The van der Waals surface area contributed by atoms with Crippen LogP contribution >= 0.6 is 0 Å². The molecule has 1 atom stereocenters. The van der Waals surface area contributed by atoms with Crippen molar-refractivity contribution in [3.05, 3.63) is 47.5 Å². The number of benzene rings is 2. The first-order chi connectivity index (χ1) is 21.9. The summed E-state index contributed by atoms with van der Waals surface area (Å²) in [6.45, 7) is 6.18. The van der Waals surface area contributed by atoms with Crippen molar-refractivity contribution < 1.29 is 19.1 Å². The van der Waals surface area contributed by atoms with Crippen LogP contribution in [0, 0.1) is 11.8 Å². The first-order valence-electron chi connectivity index (χ1n) is 16.7. The molecule has 0 spiro atoms. The SMILES string of the molecule is CC[C@@H]1CCCN(C(=O)c2cc(OC)c3c(c2)nc(-c2cc4cccc(C5CCN(C(=O)OC)CC5)c4n2CC2CC2)n3C)C1. The molecule has 9 nitrogen and oxygen atoms in total. The van der Waals surface area contributed by atoms with E-state index in [1.165, 1.54) is 42.8 Å². The number of aryl methyl sites for hydroxylation is 1. The van der Waals surface area contributed by atoms with Crippen LogP contribution in [-0.4, -0.2) is 76.3 Å². The van der Waals surface area contributed by atoms with Crippen LogP contribution in [0.1, 0.15) is 73.7 Å². The second-order valence-electron chi connectivity index (χ2n) is 13.3. The molecule has 7 rings (SSSR count). The van der Waals surface area contributed by atoms with Crippen molar-refractivity contribution in [3.63, 3.8) is 0 Å². The van der Waals surface area contributed by atoms with Gasteiger partial charge in [0.05, 0.1) is 30.9 Å². The zero-order valence-electron chi connectivity index (χ0n) is 27.1. The number of aromatic nitrogens is 3. The standard InChI is InChI=1S/C36H45N5O4/c1-5-23-8-7-15-40(21-23)35(42)27-18-29-33(31(20-27)44-3)38(2)34(37-29)30-19-26-9-6-10-28(32(26)41(30)22-24-11-12-24)25-13-16-39(17-14-25)36(43)45-4/h6,9-10,18-20,23-25H,5,7-8,11-17,21-22H2,1-4H3/t23-/m1/s1. The van der Waals surface area contributed by atoms with Gasteiger partial charge in [-0.05, 0) is 80.0 Å². The summed E-state index contributed by atoms with van der Waals surface area (Å²) in [6.07, 6.45) is 7.41. The minimum atomic E-state index is -0.241. The van der Waals surface area contributed by atoms with Gasteiger partial charge in [0, 0.05) is 50.7 Å². The number of amides is 2. The lowest BCUT2D eigenvalue weighted by atomic mass is 9.88. The molecule has 0 N–H and O–H groups in total. The Kier molecular flexibility index (Phi) is 7.96. The van der Waals surface area contributed by atoms with E-state index in [1.54, 1.807) is 7.11 Å². The van der Waals surface area contributed by atoms with E-state index in [1.807, 2.05) is 29.0 Å². The number of para-hydroxylation sites is 1.